The molecular weight excluding hydrogens is 194 g/mol. The molecule has 1 aliphatic rings. The van der Waals surface area contributed by atoms with Crippen molar-refractivity contribution in [1.29, 1.82) is 0 Å². The molecule has 0 aliphatic carbocycles. The Hall–Kier alpha value is -0.910. The Morgan fingerprint density at radius 1 is 1.67 bits per heavy atom. The Kier molecular flexibility index (Phi) is 3.71. The number of nitrogens with one attached hydrogen (secondary N) is 1. The molecule has 0 spiro atoms. The molecule has 84 valence electrons. The monoisotopic (exact) mass is 211 g/mol. The van der Waals surface area contributed by atoms with Gasteiger partial charge in [-0.15, -0.1) is 0 Å². The fourth-order valence-electron chi connectivity index (χ4n) is 1.60. The SMILES string of the molecule is Cn1cc(CNCC2CCOCO2)cn1. The highest BCUT2D eigenvalue weighted by molar-refractivity contribution is 5.02. The molecule has 5 nitrogen and oxygen atoms in total. The zero-order valence-electron chi connectivity index (χ0n) is 8.98. The van der Waals surface area contributed by atoms with Crippen molar-refractivity contribution < 1.29 is 9.47 Å². The average Bonchev–Trinajstić information content (AvgIpc) is 2.66. The largest absolute Gasteiger partial charge is 0.355 e. The van der Waals surface area contributed by atoms with Crippen LogP contribution in [0.3, 0.4) is 0 Å². The van der Waals surface area contributed by atoms with Crippen LogP contribution in [0, 0.1) is 0 Å². The van der Waals surface area contributed by atoms with Crippen LogP contribution in [0.25, 0.3) is 0 Å². The summed E-state index contributed by atoms with van der Waals surface area (Å²) in [7, 11) is 1.92. The normalized spacial score (nSPS) is 21.8. The van der Waals surface area contributed by atoms with Crippen LogP contribution >= 0.6 is 0 Å². The van der Waals surface area contributed by atoms with Crippen molar-refractivity contribution in [3.63, 3.8) is 0 Å². The lowest BCUT2D eigenvalue weighted by atomic mass is 10.2. The third kappa shape index (κ3) is 3.30. The zero-order valence-corrected chi connectivity index (χ0v) is 8.98. The Labute approximate surface area is 89.4 Å². The van der Waals surface area contributed by atoms with Crippen molar-refractivity contribution in [1.82, 2.24) is 15.1 Å². The first kappa shape index (κ1) is 10.6. The number of nitrogens with zero attached hydrogens (tertiary/aromatic N) is 2. The Morgan fingerprint density at radius 3 is 3.27 bits per heavy atom. The van der Waals surface area contributed by atoms with Gasteiger partial charge in [-0.25, -0.2) is 0 Å². The van der Waals surface area contributed by atoms with Crippen molar-refractivity contribution in [2.24, 2.45) is 7.05 Å². The maximum atomic E-state index is 5.42. The molecule has 1 aliphatic heterocycles. The molecule has 1 fully saturated rings. The number of rotatable bonds is 4. The van der Waals surface area contributed by atoms with E-state index in [-0.39, 0.29) is 6.10 Å². The van der Waals surface area contributed by atoms with E-state index in [4.69, 9.17) is 9.47 Å². The second kappa shape index (κ2) is 5.25. The number of aryl methyl sites for hydroxylation is 1. The summed E-state index contributed by atoms with van der Waals surface area (Å²) in [5.41, 5.74) is 1.20. The third-order valence-electron chi connectivity index (χ3n) is 2.43. The van der Waals surface area contributed by atoms with Crippen molar-refractivity contribution in [3.05, 3.63) is 18.0 Å². The lowest BCUT2D eigenvalue weighted by Crippen LogP contribution is -2.33. The highest BCUT2D eigenvalue weighted by Gasteiger charge is 2.13. The topological polar surface area (TPSA) is 48.3 Å². The molecule has 0 saturated carbocycles. The predicted molar refractivity (Wildman–Crippen MR) is 55.2 cm³/mol. The molecule has 1 aromatic rings. The highest BCUT2D eigenvalue weighted by atomic mass is 16.7. The molecule has 15 heavy (non-hydrogen) atoms. The van der Waals surface area contributed by atoms with Crippen LogP contribution in [0.1, 0.15) is 12.0 Å². The second-order valence-corrected chi connectivity index (χ2v) is 3.76. The van der Waals surface area contributed by atoms with Gasteiger partial charge in [0.15, 0.2) is 0 Å². The van der Waals surface area contributed by atoms with Crippen LogP contribution in [0.4, 0.5) is 0 Å². The van der Waals surface area contributed by atoms with Crippen molar-refractivity contribution in [3.8, 4) is 0 Å². The summed E-state index contributed by atoms with van der Waals surface area (Å²) in [6.07, 6.45) is 5.14. The zero-order chi connectivity index (χ0) is 10.5. The van der Waals surface area contributed by atoms with E-state index in [1.165, 1.54) is 5.56 Å². The molecule has 5 heteroatoms. The fourth-order valence-corrected chi connectivity index (χ4v) is 1.60. The van der Waals surface area contributed by atoms with E-state index in [1.807, 2.05) is 24.1 Å². The molecule has 1 unspecified atom stereocenters. The van der Waals surface area contributed by atoms with Gasteiger partial charge in [-0.3, -0.25) is 4.68 Å². The lowest BCUT2D eigenvalue weighted by molar-refractivity contribution is -0.137. The number of hydrogen-bond donors (Lipinski definition) is 1. The summed E-state index contributed by atoms with van der Waals surface area (Å²) in [4.78, 5) is 0. The van der Waals surface area contributed by atoms with Crippen LogP contribution in [0.15, 0.2) is 12.4 Å². The van der Waals surface area contributed by atoms with Gasteiger partial charge in [-0.2, -0.15) is 5.10 Å². The smallest absolute Gasteiger partial charge is 0.147 e. The highest BCUT2D eigenvalue weighted by Crippen LogP contribution is 2.05. The fraction of sp³-hybridized carbons (Fsp3) is 0.700. The van der Waals surface area contributed by atoms with Gasteiger partial charge in [0.2, 0.25) is 0 Å². The molecule has 2 heterocycles. The summed E-state index contributed by atoms with van der Waals surface area (Å²) >= 11 is 0. The second-order valence-electron chi connectivity index (χ2n) is 3.76. The minimum absolute atomic E-state index is 0.287. The van der Waals surface area contributed by atoms with Crippen molar-refractivity contribution >= 4 is 0 Å². The van der Waals surface area contributed by atoms with E-state index in [0.29, 0.717) is 6.79 Å². The van der Waals surface area contributed by atoms with Crippen LogP contribution in [0.2, 0.25) is 0 Å². The first-order chi connectivity index (χ1) is 7.34. The van der Waals surface area contributed by atoms with Gasteiger partial charge in [-0.05, 0) is 6.42 Å². The average molecular weight is 211 g/mol. The molecule has 1 atom stereocenters. The Balaban J connectivity index is 1.65. The number of ether oxygens (including phenoxy) is 2. The molecule has 0 aromatic carbocycles. The van der Waals surface area contributed by atoms with E-state index in [2.05, 4.69) is 10.4 Å². The minimum Gasteiger partial charge on any atom is -0.355 e. The summed E-state index contributed by atoms with van der Waals surface area (Å²) in [5, 5.41) is 7.46. The van der Waals surface area contributed by atoms with Crippen LogP contribution in [0.5, 0.6) is 0 Å². The summed E-state index contributed by atoms with van der Waals surface area (Å²) in [6, 6.07) is 0. The maximum Gasteiger partial charge on any atom is 0.147 e. The maximum absolute atomic E-state index is 5.42. The van der Waals surface area contributed by atoms with E-state index in [9.17, 15) is 0 Å². The molecule has 0 amide bonds. The van der Waals surface area contributed by atoms with E-state index < -0.39 is 0 Å². The van der Waals surface area contributed by atoms with Crippen LogP contribution in [-0.2, 0) is 23.1 Å². The van der Waals surface area contributed by atoms with Crippen LogP contribution < -0.4 is 5.32 Å². The van der Waals surface area contributed by atoms with Gasteiger partial charge >= 0.3 is 0 Å². The van der Waals surface area contributed by atoms with Gasteiger partial charge in [0.05, 0.1) is 18.9 Å². The summed E-state index contributed by atoms with van der Waals surface area (Å²) < 4.78 is 12.3. The first-order valence-electron chi connectivity index (χ1n) is 5.22. The van der Waals surface area contributed by atoms with E-state index in [0.717, 1.165) is 26.1 Å². The minimum atomic E-state index is 0.287. The van der Waals surface area contributed by atoms with Crippen molar-refractivity contribution in [2.45, 2.75) is 19.1 Å². The molecule has 0 bridgehead atoms. The lowest BCUT2D eigenvalue weighted by Gasteiger charge is -2.22. The number of hydrogen-bond acceptors (Lipinski definition) is 4. The van der Waals surface area contributed by atoms with Crippen molar-refractivity contribution in [2.75, 3.05) is 19.9 Å². The molecule has 1 saturated heterocycles. The molecule has 2 rings (SSSR count). The third-order valence-corrected chi connectivity index (χ3v) is 2.43. The quantitative estimate of drug-likeness (QED) is 0.776. The summed E-state index contributed by atoms with van der Waals surface area (Å²) in [6.45, 7) is 2.95. The standard InChI is InChI=1S/C10H17N3O2/c1-13-7-9(5-12-13)4-11-6-10-2-3-14-8-15-10/h5,7,10-11H,2-4,6,8H2,1H3. The van der Waals surface area contributed by atoms with Crippen LogP contribution in [-0.4, -0.2) is 35.8 Å². The molecular formula is C10H17N3O2. The van der Waals surface area contributed by atoms with E-state index in [1.54, 1.807) is 0 Å². The van der Waals surface area contributed by atoms with Gasteiger partial charge in [0, 0.05) is 31.9 Å². The van der Waals surface area contributed by atoms with Gasteiger partial charge in [-0.1, -0.05) is 0 Å². The Morgan fingerprint density at radius 2 is 2.60 bits per heavy atom. The van der Waals surface area contributed by atoms with Gasteiger partial charge in [0.25, 0.3) is 0 Å². The van der Waals surface area contributed by atoms with E-state index >= 15 is 0 Å². The first-order valence-corrected chi connectivity index (χ1v) is 5.22. The molecule has 1 aromatic heterocycles. The summed E-state index contributed by atoms with van der Waals surface area (Å²) in [5.74, 6) is 0. The molecule has 1 N–H and O–H groups in total. The number of aromatic nitrogens is 2. The predicted octanol–water partition coefficient (Wildman–Crippen LogP) is 0.273. The molecule has 0 radical (unpaired) electrons. The Bertz CT molecular complexity index is 295. The van der Waals surface area contributed by atoms with Gasteiger partial charge < -0.3 is 14.8 Å². The van der Waals surface area contributed by atoms with Gasteiger partial charge in [0.1, 0.15) is 6.79 Å².